The van der Waals surface area contributed by atoms with Gasteiger partial charge in [-0.2, -0.15) is 4.98 Å². The van der Waals surface area contributed by atoms with Crippen LogP contribution in [0, 0.1) is 13.8 Å². The zero-order valence-electron chi connectivity index (χ0n) is 14.3. The predicted molar refractivity (Wildman–Crippen MR) is 92.4 cm³/mol. The van der Waals surface area contributed by atoms with Gasteiger partial charge in [0.25, 0.3) is 6.01 Å². The van der Waals surface area contributed by atoms with Crippen molar-refractivity contribution in [2.75, 3.05) is 13.2 Å². The molecule has 3 aromatic heterocycles. The van der Waals surface area contributed by atoms with Gasteiger partial charge < -0.3 is 23.7 Å². The van der Waals surface area contributed by atoms with E-state index in [1.54, 1.807) is 6.07 Å². The Morgan fingerprint density at radius 3 is 2.96 bits per heavy atom. The number of hydrogen-bond acceptors (Lipinski definition) is 7. The molecule has 5 heterocycles. The lowest BCUT2D eigenvalue weighted by atomic mass is 10.1. The molecule has 0 saturated carbocycles. The van der Waals surface area contributed by atoms with Crippen molar-refractivity contribution in [1.82, 2.24) is 20.1 Å². The molecule has 8 nitrogen and oxygen atoms in total. The number of rotatable bonds is 3. The Balaban J connectivity index is 1.48. The van der Waals surface area contributed by atoms with Crippen LogP contribution in [0.3, 0.4) is 0 Å². The Morgan fingerprint density at radius 1 is 1.27 bits per heavy atom. The Labute approximate surface area is 153 Å². The smallest absolute Gasteiger partial charge is 0.296 e. The molecule has 9 heteroatoms. The highest BCUT2D eigenvalue weighted by Gasteiger charge is 2.43. The van der Waals surface area contributed by atoms with Gasteiger partial charge in [0.15, 0.2) is 11.8 Å². The average Bonchev–Trinajstić information content (AvgIpc) is 3.34. The minimum atomic E-state index is -0.180. The summed E-state index contributed by atoms with van der Waals surface area (Å²) in [6.07, 6.45) is 0.795. The first kappa shape index (κ1) is 16.0. The van der Waals surface area contributed by atoms with Crippen molar-refractivity contribution in [3.63, 3.8) is 0 Å². The number of halogens is 1. The fourth-order valence-electron chi connectivity index (χ4n) is 3.62. The van der Waals surface area contributed by atoms with Crippen LogP contribution in [0.2, 0.25) is 5.02 Å². The van der Waals surface area contributed by atoms with E-state index >= 15 is 0 Å². The van der Waals surface area contributed by atoms with Crippen LogP contribution < -0.4 is 4.74 Å². The zero-order chi connectivity index (χ0) is 17.8. The van der Waals surface area contributed by atoms with Crippen molar-refractivity contribution in [3.8, 4) is 17.3 Å². The average molecular weight is 377 g/mol. The maximum absolute atomic E-state index is 6.43. The van der Waals surface area contributed by atoms with Crippen LogP contribution in [0.1, 0.15) is 17.9 Å². The zero-order valence-corrected chi connectivity index (χ0v) is 15.0. The lowest BCUT2D eigenvalue weighted by Crippen LogP contribution is -2.32. The molecule has 5 rings (SSSR count). The second kappa shape index (κ2) is 5.94. The third kappa shape index (κ3) is 2.48. The largest absolute Gasteiger partial charge is 0.456 e. The highest BCUT2D eigenvalue weighted by atomic mass is 35.5. The first-order valence-electron chi connectivity index (χ1n) is 8.49. The van der Waals surface area contributed by atoms with Gasteiger partial charge in [-0.3, -0.25) is 0 Å². The van der Waals surface area contributed by atoms with Crippen LogP contribution in [0.4, 0.5) is 0 Å². The Kier molecular flexibility index (Phi) is 3.66. The summed E-state index contributed by atoms with van der Waals surface area (Å²) in [7, 11) is 0. The Bertz CT molecular complexity index is 965. The van der Waals surface area contributed by atoms with Crippen LogP contribution >= 0.6 is 11.6 Å². The van der Waals surface area contributed by atoms with Gasteiger partial charge in [0.2, 0.25) is 0 Å². The maximum atomic E-state index is 6.43. The summed E-state index contributed by atoms with van der Waals surface area (Å²) in [6, 6.07) is 2.16. The molecule has 2 saturated heterocycles. The van der Waals surface area contributed by atoms with Gasteiger partial charge in [-0.05, 0) is 26.3 Å². The fraction of sp³-hybridized carbons (Fsp3) is 0.471. The van der Waals surface area contributed by atoms with Crippen molar-refractivity contribution in [2.24, 2.45) is 0 Å². The molecule has 1 N–H and O–H groups in total. The van der Waals surface area contributed by atoms with E-state index in [1.807, 2.05) is 13.8 Å². The molecule has 0 spiro atoms. The molecule has 2 fully saturated rings. The molecule has 2 aliphatic rings. The van der Waals surface area contributed by atoms with E-state index in [2.05, 4.69) is 20.1 Å². The van der Waals surface area contributed by atoms with Gasteiger partial charge in [-0.25, -0.2) is 4.98 Å². The number of aryl methyl sites for hydroxylation is 2. The summed E-state index contributed by atoms with van der Waals surface area (Å²) in [6.45, 7) is 4.87. The molecular formula is C17H17ClN4O4. The van der Waals surface area contributed by atoms with Gasteiger partial charge in [0.1, 0.15) is 11.9 Å². The van der Waals surface area contributed by atoms with E-state index in [0.717, 1.165) is 17.7 Å². The molecule has 0 unspecified atom stereocenters. The lowest BCUT2D eigenvalue weighted by molar-refractivity contribution is 0.0273. The van der Waals surface area contributed by atoms with Crippen molar-refractivity contribution < 1.29 is 18.7 Å². The SMILES string of the molecule is Cc1noc(C)c1-c1nc2nc(O[C@@H]3CO[C@@H]4CCO[C@@H]43)[nH]c2cc1Cl. The number of fused-ring (bicyclic) bond motifs is 2. The van der Waals surface area contributed by atoms with Gasteiger partial charge in [-0.15, -0.1) is 0 Å². The predicted octanol–water partition coefficient (Wildman–Crippen LogP) is 2.82. The van der Waals surface area contributed by atoms with Crippen molar-refractivity contribution in [3.05, 3.63) is 22.5 Å². The van der Waals surface area contributed by atoms with E-state index in [0.29, 0.717) is 46.9 Å². The number of aromatic nitrogens is 4. The highest BCUT2D eigenvalue weighted by Crippen LogP contribution is 2.34. The monoisotopic (exact) mass is 376 g/mol. The second-order valence-electron chi connectivity index (χ2n) is 6.58. The topological polar surface area (TPSA) is 95.3 Å². The summed E-state index contributed by atoms with van der Waals surface area (Å²) in [5, 5.41) is 4.45. The van der Waals surface area contributed by atoms with E-state index in [4.69, 9.17) is 30.3 Å². The quantitative estimate of drug-likeness (QED) is 0.750. The molecule has 0 bridgehead atoms. The third-order valence-electron chi connectivity index (χ3n) is 4.86. The van der Waals surface area contributed by atoms with Crippen molar-refractivity contribution >= 4 is 22.8 Å². The molecule has 0 aliphatic carbocycles. The number of H-pyrrole nitrogens is 1. The number of ether oxygens (including phenoxy) is 3. The molecule has 26 heavy (non-hydrogen) atoms. The summed E-state index contributed by atoms with van der Waals surface area (Å²) >= 11 is 6.43. The summed E-state index contributed by atoms with van der Waals surface area (Å²) < 4.78 is 22.6. The maximum Gasteiger partial charge on any atom is 0.296 e. The van der Waals surface area contributed by atoms with Crippen LogP contribution in [-0.2, 0) is 9.47 Å². The number of nitrogens with zero attached hydrogens (tertiary/aromatic N) is 3. The summed E-state index contributed by atoms with van der Waals surface area (Å²) in [4.78, 5) is 12.1. The number of aromatic amines is 1. The van der Waals surface area contributed by atoms with E-state index in [1.165, 1.54) is 0 Å². The summed E-state index contributed by atoms with van der Waals surface area (Å²) in [5.74, 6) is 0.663. The highest BCUT2D eigenvalue weighted by molar-refractivity contribution is 6.33. The van der Waals surface area contributed by atoms with Crippen molar-refractivity contribution in [2.45, 2.75) is 38.6 Å². The molecule has 3 aromatic rings. The minimum absolute atomic E-state index is 0.0439. The first-order valence-corrected chi connectivity index (χ1v) is 8.87. The molecule has 0 radical (unpaired) electrons. The van der Waals surface area contributed by atoms with Crippen LogP contribution in [-0.4, -0.2) is 51.6 Å². The number of imidazole rings is 1. The molecular weight excluding hydrogens is 360 g/mol. The molecule has 3 atom stereocenters. The third-order valence-corrected chi connectivity index (χ3v) is 5.15. The number of pyridine rings is 1. The standard InChI is InChI=1S/C17H17ClN4O4/c1-7-13(8(2)26-22-7)14-9(18)5-10-16(20-14)21-17(19-10)25-12-6-24-11-3-4-23-15(11)12/h5,11-12,15H,3-4,6H2,1-2H3,(H,19,20,21)/t11-,12-,15+/m1/s1. The van der Waals surface area contributed by atoms with Gasteiger partial charge in [0.05, 0.1) is 40.2 Å². The van der Waals surface area contributed by atoms with E-state index in [-0.39, 0.29) is 18.3 Å². The van der Waals surface area contributed by atoms with Gasteiger partial charge in [0, 0.05) is 6.61 Å². The van der Waals surface area contributed by atoms with E-state index in [9.17, 15) is 0 Å². The van der Waals surface area contributed by atoms with E-state index < -0.39 is 0 Å². The fourth-order valence-corrected chi connectivity index (χ4v) is 3.87. The van der Waals surface area contributed by atoms with Gasteiger partial charge in [-0.1, -0.05) is 16.8 Å². The van der Waals surface area contributed by atoms with Crippen LogP contribution in [0.5, 0.6) is 6.01 Å². The van der Waals surface area contributed by atoms with Crippen LogP contribution in [0.25, 0.3) is 22.4 Å². The second-order valence-corrected chi connectivity index (χ2v) is 6.99. The molecule has 2 aliphatic heterocycles. The first-order chi connectivity index (χ1) is 12.6. The number of nitrogens with one attached hydrogen (secondary N) is 1. The van der Waals surface area contributed by atoms with Gasteiger partial charge >= 0.3 is 0 Å². The Hall–Kier alpha value is -2.16. The lowest BCUT2D eigenvalue weighted by Gasteiger charge is -2.15. The molecule has 136 valence electrons. The van der Waals surface area contributed by atoms with Crippen molar-refractivity contribution in [1.29, 1.82) is 0 Å². The Morgan fingerprint density at radius 2 is 2.15 bits per heavy atom. The number of hydrogen-bond donors (Lipinski definition) is 1. The minimum Gasteiger partial charge on any atom is -0.456 e. The molecule has 0 aromatic carbocycles. The summed E-state index contributed by atoms with van der Waals surface area (Å²) in [5.41, 5.74) is 3.33. The molecule has 0 amide bonds. The van der Waals surface area contributed by atoms with Crippen LogP contribution in [0.15, 0.2) is 10.6 Å². The normalized spacial score (nSPS) is 25.1.